The summed E-state index contributed by atoms with van der Waals surface area (Å²) in [5.74, 6) is 0. The number of nitrogen functional groups attached to an aromatic ring is 1. The van der Waals surface area contributed by atoms with Crippen LogP contribution in [0.5, 0.6) is 0 Å². The number of hydrogen-bond acceptors (Lipinski definition) is 2. The number of benzene rings is 1. The lowest BCUT2D eigenvalue weighted by molar-refractivity contribution is 0.753. The van der Waals surface area contributed by atoms with E-state index in [4.69, 9.17) is 17.3 Å². The summed E-state index contributed by atoms with van der Waals surface area (Å²) in [5.41, 5.74) is 7.96. The Morgan fingerprint density at radius 2 is 2.12 bits per heavy atom. The molecule has 0 amide bonds. The van der Waals surface area contributed by atoms with Crippen molar-refractivity contribution in [2.24, 2.45) is 0 Å². The lowest BCUT2D eigenvalue weighted by Crippen LogP contribution is -2.21. The number of halogens is 1. The molecule has 0 radical (unpaired) electrons. The van der Waals surface area contributed by atoms with Crippen LogP contribution in [-0.2, 0) is 6.54 Å². The molecule has 0 bridgehead atoms. The fourth-order valence-corrected chi connectivity index (χ4v) is 1.79. The lowest BCUT2D eigenvalue weighted by Gasteiger charge is -2.07. The molecule has 0 fully saturated rings. The number of rotatable bonds is 2. The highest BCUT2D eigenvalue weighted by molar-refractivity contribution is 6.33. The molecule has 0 aliphatic rings. The first kappa shape index (κ1) is 11.7. The molecule has 0 aliphatic carbocycles. The minimum absolute atomic E-state index is 0.0148. The lowest BCUT2D eigenvalue weighted by atomic mass is 10.2. The number of nitrogens with zero attached hydrogens (tertiary/aromatic N) is 1. The Morgan fingerprint density at radius 1 is 1.35 bits per heavy atom. The third-order valence-corrected chi connectivity index (χ3v) is 2.97. The van der Waals surface area contributed by atoms with Crippen LogP contribution in [0.25, 0.3) is 0 Å². The van der Waals surface area contributed by atoms with Gasteiger partial charge < -0.3 is 10.3 Å². The van der Waals surface area contributed by atoms with Gasteiger partial charge in [-0.25, -0.2) is 0 Å². The fraction of sp³-hybridized carbons (Fsp3) is 0.154. The topological polar surface area (TPSA) is 48.0 Å². The number of hydrogen-bond donors (Lipinski definition) is 1. The maximum absolute atomic E-state index is 11.8. The van der Waals surface area contributed by atoms with Gasteiger partial charge in [-0.3, -0.25) is 4.79 Å². The monoisotopic (exact) mass is 248 g/mol. The molecule has 0 saturated carbocycles. The largest absolute Gasteiger partial charge is 0.398 e. The molecule has 0 unspecified atom stereocenters. The Hall–Kier alpha value is -1.74. The van der Waals surface area contributed by atoms with Crippen molar-refractivity contribution in [3.63, 3.8) is 0 Å². The Bertz CT molecular complexity index is 605. The minimum atomic E-state index is 0.0148. The van der Waals surface area contributed by atoms with Crippen LogP contribution in [0, 0.1) is 6.92 Å². The van der Waals surface area contributed by atoms with E-state index in [9.17, 15) is 4.79 Å². The van der Waals surface area contributed by atoms with Crippen LogP contribution in [0.1, 0.15) is 11.1 Å². The Kier molecular flexibility index (Phi) is 3.20. The zero-order valence-corrected chi connectivity index (χ0v) is 10.2. The fourth-order valence-electron chi connectivity index (χ4n) is 1.67. The summed E-state index contributed by atoms with van der Waals surface area (Å²) < 4.78 is 1.65. The van der Waals surface area contributed by atoms with Gasteiger partial charge in [0.1, 0.15) is 0 Å². The van der Waals surface area contributed by atoms with E-state index >= 15 is 0 Å². The maximum Gasteiger partial charge on any atom is 0.253 e. The van der Waals surface area contributed by atoms with Crippen LogP contribution in [0.4, 0.5) is 5.69 Å². The molecule has 0 aliphatic heterocycles. The first-order chi connectivity index (χ1) is 8.08. The van der Waals surface area contributed by atoms with Gasteiger partial charge in [0.15, 0.2) is 0 Å². The van der Waals surface area contributed by atoms with E-state index in [1.165, 1.54) is 0 Å². The van der Waals surface area contributed by atoms with Crippen molar-refractivity contribution in [1.29, 1.82) is 0 Å². The van der Waals surface area contributed by atoms with Crippen molar-refractivity contribution in [2.45, 2.75) is 13.5 Å². The number of pyridine rings is 1. The Labute approximate surface area is 104 Å². The summed E-state index contributed by atoms with van der Waals surface area (Å²) in [6, 6.07) is 9.06. The second-order valence-electron chi connectivity index (χ2n) is 3.98. The minimum Gasteiger partial charge on any atom is -0.398 e. The summed E-state index contributed by atoms with van der Waals surface area (Å²) in [4.78, 5) is 11.8. The maximum atomic E-state index is 11.8. The summed E-state index contributed by atoms with van der Waals surface area (Å²) in [6.07, 6.45) is 1.76. The normalized spacial score (nSPS) is 10.5. The molecule has 1 aromatic carbocycles. The first-order valence-corrected chi connectivity index (χ1v) is 5.65. The van der Waals surface area contributed by atoms with Gasteiger partial charge in [0.25, 0.3) is 5.56 Å². The van der Waals surface area contributed by atoms with Crippen LogP contribution in [0.2, 0.25) is 5.02 Å². The Morgan fingerprint density at radius 3 is 2.82 bits per heavy atom. The quantitative estimate of drug-likeness (QED) is 0.830. The molecule has 2 aromatic rings. The van der Waals surface area contributed by atoms with Crippen LogP contribution < -0.4 is 11.3 Å². The Balaban J connectivity index is 2.35. The van der Waals surface area contributed by atoms with Crippen molar-refractivity contribution in [1.82, 2.24) is 4.57 Å². The predicted octanol–water partition coefficient (Wildman–Crippen LogP) is 2.44. The third kappa shape index (κ3) is 2.50. The number of anilines is 1. The van der Waals surface area contributed by atoms with Gasteiger partial charge in [0.2, 0.25) is 0 Å². The predicted molar refractivity (Wildman–Crippen MR) is 70.4 cm³/mol. The van der Waals surface area contributed by atoms with E-state index in [0.717, 1.165) is 11.1 Å². The smallest absolute Gasteiger partial charge is 0.253 e. The van der Waals surface area contributed by atoms with Crippen molar-refractivity contribution >= 4 is 17.3 Å². The van der Waals surface area contributed by atoms with Crippen LogP contribution in [0.15, 0.2) is 41.3 Å². The molecule has 0 spiro atoms. The van der Waals surface area contributed by atoms with Gasteiger partial charge >= 0.3 is 0 Å². The van der Waals surface area contributed by atoms with Gasteiger partial charge in [0, 0.05) is 11.8 Å². The van der Waals surface area contributed by atoms with Crippen molar-refractivity contribution in [3.05, 3.63) is 63.0 Å². The van der Waals surface area contributed by atoms with Crippen molar-refractivity contribution < 1.29 is 0 Å². The van der Waals surface area contributed by atoms with E-state index in [-0.39, 0.29) is 5.56 Å². The molecule has 3 nitrogen and oxygen atoms in total. The summed E-state index contributed by atoms with van der Waals surface area (Å²) >= 11 is 5.85. The highest BCUT2D eigenvalue weighted by Crippen LogP contribution is 2.19. The van der Waals surface area contributed by atoms with Gasteiger partial charge in [-0.2, -0.15) is 0 Å². The van der Waals surface area contributed by atoms with E-state index in [1.807, 2.05) is 12.1 Å². The number of nitrogens with two attached hydrogens (primary N) is 1. The van der Waals surface area contributed by atoms with E-state index in [2.05, 4.69) is 0 Å². The number of aromatic nitrogens is 1. The second kappa shape index (κ2) is 4.63. The molecule has 88 valence electrons. The SMILES string of the molecule is Cc1cccn(Cc2ccc(Cl)c(N)c2)c1=O. The summed E-state index contributed by atoms with van der Waals surface area (Å²) in [7, 11) is 0. The van der Waals surface area contributed by atoms with E-state index in [0.29, 0.717) is 17.3 Å². The second-order valence-corrected chi connectivity index (χ2v) is 4.39. The summed E-state index contributed by atoms with van der Waals surface area (Å²) in [5, 5.41) is 0.533. The molecular formula is C13H13ClN2O. The first-order valence-electron chi connectivity index (χ1n) is 5.28. The van der Waals surface area contributed by atoms with Gasteiger partial charge in [-0.05, 0) is 30.7 Å². The molecular weight excluding hydrogens is 236 g/mol. The highest BCUT2D eigenvalue weighted by atomic mass is 35.5. The van der Waals surface area contributed by atoms with E-state index in [1.54, 1.807) is 35.9 Å². The van der Waals surface area contributed by atoms with Crippen LogP contribution >= 0.6 is 11.6 Å². The van der Waals surface area contributed by atoms with Gasteiger partial charge in [0.05, 0.1) is 17.3 Å². The molecule has 0 saturated heterocycles. The van der Waals surface area contributed by atoms with Gasteiger partial charge in [-0.15, -0.1) is 0 Å². The molecule has 1 heterocycles. The number of aryl methyl sites for hydroxylation is 1. The van der Waals surface area contributed by atoms with Crippen molar-refractivity contribution in [2.75, 3.05) is 5.73 Å². The molecule has 0 atom stereocenters. The summed E-state index contributed by atoms with van der Waals surface area (Å²) in [6.45, 7) is 2.30. The zero-order valence-electron chi connectivity index (χ0n) is 9.48. The highest BCUT2D eigenvalue weighted by Gasteiger charge is 2.02. The standard InChI is InChI=1S/C13H13ClN2O/c1-9-3-2-6-16(13(9)17)8-10-4-5-11(14)12(15)7-10/h2-7H,8,15H2,1H3. The van der Waals surface area contributed by atoms with Crippen LogP contribution in [0.3, 0.4) is 0 Å². The molecule has 2 rings (SSSR count). The average molecular weight is 249 g/mol. The molecule has 2 N–H and O–H groups in total. The van der Waals surface area contributed by atoms with Gasteiger partial charge in [-0.1, -0.05) is 23.7 Å². The third-order valence-electron chi connectivity index (χ3n) is 2.62. The zero-order chi connectivity index (χ0) is 12.4. The molecule has 17 heavy (non-hydrogen) atoms. The molecule has 4 heteroatoms. The average Bonchev–Trinajstić information content (AvgIpc) is 2.30. The molecule has 1 aromatic heterocycles. The van der Waals surface area contributed by atoms with Crippen molar-refractivity contribution in [3.8, 4) is 0 Å². The van der Waals surface area contributed by atoms with Crippen LogP contribution in [-0.4, -0.2) is 4.57 Å². The van der Waals surface area contributed by atoms with E-state index < -0.39 is 0 Å².